The third-order valence-corrected chi connectivity index (χ3v) is 2.49. The van der Waals surface area contributed by atoms with Crippen molar-refractivity contribution in [3.8, 4) is 0 Å². The van der Waals surface area contributed by atoms with Gasteiger partial charge in [0.2, 0.25) is 5.91 Å². The Morgan fingerprint density at radius 3 is 2.85 bits per heavy atom. The van der Waals surface area contributed by atoms with Crippen molar-refractivity contribution in [2.75, 3.05) is 13.1 Å². The number of aromatic nitrogens is 2. The summed E-state index contributed by atoms with van der Waals surface area (Å²) in [6, 6.07) is -0.186. The van der Waals surface area contributed by atoms with Crippen molar-refractivity contribution >= 4 is 21.8 Å². The molecule has 0 aliphatic carbocycles. The molecule has 1 fully saturated rings. The molecule has 0 spiro atoms. The van der Waals surface area contributed by atoms with Gasteiger partial charge >= 0.3 is 0 Å². The van der Waals surface area contributed by atoms with Crippen LogP contribution in [-0.4, -0.2) is 33.7 Å². The van der Waals surface area contributed by atoms with Gasteiger partial charge in [0.05, 0.1) is 10.7 Å². The van der Waals surface area contributed by atoms with Crippen molar-refractivity contribution in [3.63, 3.8) is 0 Å². The molecule has 2 heterocycles. The molecule has 0 aromatic carbocycles. The van der Waals surface area contributed by atoms with Gasteiger partial charge < -0.3 is 4.90 Å². The summed E-state index contributed by atoms with van der Waals surface area (Å²) >= 11 is 3.29. The Kier molecular flexibility index (Phi) is 2.11. The molecule has 13 heavy (non-hydrogen) atoms. The number of carbonyl (C=O) groups is 1. The zero-order valence-corrected chi connectivity index (χ0v) is 8.86. The van der Waals surface area contributed by atoms with E-state index in [0.717, 1.165) is 17.6 Å². The van der Waals surface area contributed by atoms with Crippen molar-refractivity contribution < 1.29 is 4.79 Å². The molecule has 1 saturated heterocycles. The van der Waals surface area contributed by atoms with E-state index in [-0.39, 0.29) is 11.9 Å². The molecule has 2 rings (SSSR count). The minimum absolute atomic E-state index is 0.149. The Morgan fingerprint density at radius 1 is 1.69 bits per heavy atom. The standard InChI is InChI=1S/C8H10BrN3O/c1-6(8(13)11-2-3-11)12-5-7(9)4-10-12/h4-6H,2-3H2,1H3. The van der Waals surface area contributed by atoms with Crippen LogP contribution in [0.2, 0.25) is 0 Å². The van der Waals surface area contributed by atoms with Crippen LogP contribution in [0.15, 0.2) is 16.9 Å². The summed E-state index contributed by atoms with van der Waals surface area (Å²) in [6.45, 7) is 3.65. The fourth-order valence-electron chi connectivity index (χ4n) is 1.17. The average molecular weight is 244 g/mol. The lowest BCUT2D eigenvalue weighted by atomic mass is 10.3. The summed E-state index contributed by atoms with van der Waals surface area (Å²) in [7, 11) is 0. The minimum atomic E-state index is -0.186. The summed E-state index contributed by atoms with van der Waals surface area (Å²) in [5.41, 5.74) is 0. The molecular formula is C8H10BrN3O. The molecule has 1 aromatic heterocycles. The van der Waals surface area contributed by atoms with Crippen molar-refractivity contribution in [2.24, 2.45) is 0 Å². The van der Waals surface area contributed by atoms with E-state index in [1.54, 1.807) is 15.8 Å². The maximum atomic E-state index is 11.6. The molecule has 0 saturated carbocycles. The number of carbonyl (C=O) groups excluding carboxylic acids is 1. The van der Waals surface area contributed by atoms with Crippen LogP contribution in [0.1, 0.15) is 13.0 Å². The Labute approximate surface area is 84.6 Å². The van der Waals surface area contributed by atoms with E-state index in [4.69, 9.17) is 0 Å². The van der Waals surface area contributed by atoms with E-state index in [9.17, 15) is 4.79 Å². The fraction of sp³-hybridized carbons (Fsp3) is 0.500. The second-order valence-corrected chi connectivity index (χ2v) is 4.06. The summed E-state index contributed by atoms with van der Waals surface area (Å²) in [6.07, 6.45) is 3.50. The van der Waals surface area contributed by atoms with E-state index in [1.165, 1.54) is 0 Å². The first-order valence-electron chi connectivity index (χ1n) is 4.17. The minimum Gasteiger partial charge on any atom is -0.337 e. The Balaban J connectivity index is 2.11. The summed E-state index contributed by atoms with van der Waals surface area (Å²) in [5.74, 6) is 0.149. The van der Waals surface area contributed by atoms with Gasteiger partial charge in [-0.1, -0.05) is 0 Å². The summed E-state index contributed by atoms with van der Waals surface area (Å²) in [4.78, 5) is 13.4. The number of rotatable bonds is 2. The van der Waals surface area contributed by atoms with Crippen LogP contribution in [0.25, 0.3) is 0 Å². The van der Waals surface area contributed by atoms with Gasteiger partial charge in [-0.25, -0.2) is 0 Å². The SMILES string of the molecule is CC(C(=O)N1CC1)n1cc(Br)cn1. The van der Waals surface area contributed by atoms with Gasteiger partial charge in [0.15, 0.2) is 0 Å². The van der Waals surface area contributed by atoms with E-state index < -0.39 is 0 Å². The molecule has 4 nitrogen and oxygen atoms in total. The number of hydrogen-bond donors (Lipinski definition) is 0. The molecule has 0 N–H and O–H groups in total. The van der Waals surface area contributed by atoms with Crippen LogP contribution < -0.4 is 0 Å². The fourth-order valence-corrected chi connectivity index (χ4v) is 1.48. The normalized spacial score (nSPS) is 17.2. The molecular weight excluding hydrogens is 234 g/mol. The Morgan fingerprint density at radius 2 is 2.38 bits per heavy atom. The maximum Gasteiger partial charge on any atom is 0.247 e. The first-order valence-corrected chi connectivity index (χ1v) is 4.96. The zero-order chi connectivity index (χ0) is 9.42. The molecule has 1 unspecified atom stereocenters. The molecule has 1 amide bonds. The monoisotopic (exact) mass is 243 g/mol. The highest BCUT2D eigenvalue weighted by Gasteiger charge is 2.29. The van der Waals surface area contributed by atoms with E-state index in [0.29, 0.717) is 0 Å². The van der Waals surface area contributed by atoms with Crippen molar-refractivity contribution in [1.29, 1.82) is 0 Å². The third-order valence-electron chi connectivity index (χ3n) is 2.08. The highest BCUT2D eigenvalue weighted by molar-refractivity contribution is 9.10. The number of amides is 1. The largest absolute Gasteiger partial charge is 0.337 e. The molecule has 1 aliphatic heterocycles. The molecule has 5 heteroatoms. The molecule has 0 bridgehead atoms. The van der Waals surface area contributed by atoms with Crippen LogP contribution in [0.3, 0.4) is 0 Å². The van der Waals surface area contributed by atoms with Crippen molar-refractivity contribution in [1.82, 2.24) is 14.7 Å². The van der Waals surface area contributed by atoms with E-state index in [1.807, 2.05) is 13.1 Å². The van der Waals surface area contributed by atoms with Crippen LogP contribution >= 0.6 is 15.9 Å². The highest BCUT2D eigenvalue weighted by atomic mass is 79.9. The molecule has 1 aromatic rings. The van der Waals surface area contributed by atoms with Gasteiger partial charge in [0.25, 0.3) is 0 Å². The zero-order valence-electron chi connectivity index (χ0n) is 7.27. The highest BCUT2D eigenvalue weighted by Crippen LogP contribution is 2.16. The van der Waals surface area contributed by atoms with E-state index in [2.05, 4.69) is 21.0 Å². The smallest absolute Gasteiger partial charge is 0.247 e. The van der Waals surface area contributed by atoms with Crippen LogP contribution in [0, 0.1) is 0 Å². The lowest BCUT2D eigenvalue weighted by molar-refractivity contribution is -0.128. The van der Waals surface area contributed by atoms with Gasteiger partial charge in [0.1, 0.15) is 6.04 Å². The number of nitrogens with zero attached hydrogens (tertiary/aromatic N) is 3. The van der Waals surface area contributed by atoms with Crippen molar-refractivity contribution in [2.45, 2.75) is 13.0 Å². The van der Waals surface area contributed by atoms with Gasteiger partial charge in [-0.3, -0.25) is 9.48 Å². The van der Waals surface area contributed by atoms with Crippen LogP contribution in [-0.2, 0) is 4.79 Å². The number of hydrogen-bond acceptors (Lipinski definition) is 2. The van der Waals surface area contributed by atoms with Gasteiger partial charge in [-0.2, -0.15) is 5.10 Å². The Hall–Kier alpha value is -0.840. The van der Waals surface area contributed by atoms with E-state index >= 15 is 0 Å². The predicted molar refractivity (Wildman–Crippen MR) is 51.2 cm³/mol. The van der Waals surface area contributed by atoms with Gasteiger partial charge in [-0.05, 0) is 22.9 Å². The predicted octanol–water partition coefficient (Wildman–Crippen LogP) is 1.05. The van der Waals surface area contributed by atoms with Crippen molar-refractivity contribution in [3.05, 3.63) is 16.9 Å². The molecule has 1 atom stereocenters. The first kappa shape index (κ1) is 8.74. The second kappa shape index (κ2) is 3.14. The summed E-state index contributed by atoms with van der Waals surface area (Å²) in [5, 5.41) is 4.07. The maximum absolute atomic E-state index is 11.6. The second-order valence-electron chi connectivity index (χ2n) is 3.14. The van der Waals surface area contributed by atoms with Gasteiger partial charge in [-0.15, -0.1) is 0 Å². The molecule has 0 radical (unpaired) electrons. The molecule has 1 aliphatic rings. The quantitative estimate of drug-likeness (QED) is 0.729. The summed E-state index contributed by atoms with van der Waals surface area (Å²) < 4.78 is 2.57. The number of halogens is 1. The Bertz CT molecular complexity index is 332. The first-order chi connectivity index (χ1) is 6.18. The lowest BCUT2D eigenvalue weighted by Gasteiger charge is -2.10. The topological polar surface area (TPSA) is 37.9 Å². The van der Waals surface area contributed by atoms with Gasteiger partial charge in [0, 0.05) is 19.3 Å². The third kappa shape index (κ3) is 1.75. The molecule has 70 valence electrons. The lowest BCUT2D eigenvalue weighted by Crippen LogP contribution is -2.23. The van der Waals surface area contributed by atoms with Crippen LogP contribution in [0.4, 0.5) is 0 Å². The van der Waals surface area contributed by atoms with Crippen LogP contribution in [0.5, 0.6) is 0 Å². The average Bonchev–Trinajstić information content (AvgIpc) is 2.87.